The molecule has 0 aliphatic rings. The number of ether oxygens (including phenoxy) is 1. The molecule has 0 bridgehead atoms. The summed E-state index contributed by atoms with van der Waals surface area (Å²) in [7, 11) is 0. The summed E-state index contributed by atoms with van der Waals surface area (Å²) in [6.07, 6.45) is 0. The zero-order valence-corrected chi connectivity index (χ0v) is 10.5. The normalized spacial score (nSPS) is 9.83. The molecule has 0 heterocycles. The molecule has 0 atom stereocenters. The van der Waals surface area contributed by atoms with E-state index in [9.17, 15) is 0 Å². The second-order valence-corrected chi connectivity index (χ2v) is 4.30. The molecule has 2 rings (SSSR count). The van der Waals surface area contributed by atoms with Crippen LogP contribution in [0.4, 0.5) is 5.69 Å². The molecule has 4 heteroatoms. The maximum atomic E-state index is 8.90. The van der Waals surface area contributed by atoms with Gasteiger partial charge in [0.15, 0.2) is 0 Å². The first kappa shape index (κ1) is 12.3. The lowest BCUT2D eigenvalue weighted by atomic mass is 10.2. The minimum atomic E-state index is 0.385. The quantitative estimate of drug-likeness (QED) is 0.831. The number of nitrogens with two attached hydrogens (primary N) is 1. The highest BCUT2D eigenvalue weighted by Gasteiger charge is 2.06. The van der Waals surface area contributed by atoms with E-state index in [0.29, 0.717) is 27.8 Å². The van der Waals surface area contributed by atoms with Crippen molar-refractivity contribution in [2.75, 3.05) is 5.73 Å². The Balaban J connectivity index is 2.34. The van der Waals surface area contributed by atoms with E-state index in [4.69, 9.17) is 27.3 Å². The van der Waals surface area contributed by atoms with Crippen LogP contribution in [0.15, 0.2) is 36.4 Å². The fourth-order valence-electron chi connectivity index (χ4n) is 1.51. The third-order valence-corrected chi connectivity index (χ3v) is 2.77. The zero-order chi connectivity index (χ0) is 13.1. The third-order valence-electron chi connectivity index (χ3n) is 2.46. The number of rotatable bonds is 2. The van der Waals surface area contributed by atoms with E-state index in [0.717, 1.165) is 5.56 Å². The van der Waals surface area contributed by atoms with Crippen LogP contribution in [0.5, 0.6) is 11.5 Å². The average Bonchev–Trinajstić information content (AvgIpc) is 2.36. The lowest BCUT2D eigenvalue weighted by Crippen LogP contribution is -1.92. The first-order valence-corrected chi connectivity index (χ1v) is 5.71. The van der Waals surface area contributed by atoms with Gasteiger partial charge in [-0.25, -0.2) is 0 Å². The average molecular weight is 259 g/mol. The van der Waals surface area contributed by atoms with Crippen molar-refractivity contribution < 1.29 is 4.74 Å². The number of hydrogen-bond donors (Lipinski definition) is 1. The third kappa shape index (κ3) is 2.55. The van der Waals surface area contributed by atoms with Crippen LogP contribution in [0.25, 0.3) is 0 Å². The number of benzene rings is 2. The van der Waals surface area contributed by atoms with Crippen LogP contribution in [0.2, 0.25) is 5.02 Å². The summed E-state index contributed by atoms with van der Waals surface area (Å²) in [5.74, 6) is 1.10. The van der Waals surface area contributed by atoms with Gasteiger partial charge in [0.2, 0.25) is 0 Å². The maximum absolute atomic E-state index is 8.90. The smallest absolute Gasteiger partial charge is 0.146 e. The molecule has 0 amide bonds. The Kier molecular flexibility index (Phi) is 3.40. The molecule has 0 aliphatic carbocycles. The molecule has 0 spiro atoms. The van der Waals surface area contributed by atoms with E-state index in [1.54, 1.807) is 24.3 Å². The molecule has 2 N–H and O–H groups in total. The Labute approximate surface area is 110 Å². The van der Waals surface area contributed by atoms with Crippen molar-refractivity contribution in [2.24, 2.45) is 0 Å². The number of anilines is 1. The lowest BCUT2D eigenvalue weighted by Gasteiger charge is -2.09. The Bertz CT molecular complexity index is 632. The number of nitrogen functional groups attached to an aromatic ring is 1. The van der Waals surface area contributed by atoms with Crippen molar-refractivity contribution in [2.45, 2.75) is 6.92 Å². The summed E-state index contributed by atoms with van der Waals surface area (Å²) >= 11 is 6.04. The number of halogens is 1. The molecular formula is C14H11ClN2O. The summed E-state index contributed by atoms with van der Waals surface area (Å²) in [5.41, 5.74) is 7.51. The number of aryl methyl sites for hydroxylation is 1. The number of nitrogens with zero attached hydrogens (tertiary/aromatic N) is 1. The van der Waals surface area contributed by atoms with Crippen molar-refractivity contribution in [3.05, 3.63) is 52.5 Å². The molecular weight excluding hydrogens is 248 g/mol. The molecule has 0 saturated heterocycles. The van der Waals surface area contributed by atoms with Gasteiger partial charge in [-0.15, -0.1) is 0 Å². The van der Waals surface area contributed by atoms with Crippen molar-refractivity contribution in [1.82, 2.24) is 0 Å². The summed E-state index contributed by atoms with van der Waals surface area (Å²) in [6, 6.07) is 12.5. The molecule has 3 nitrogen and oxygen atoms in total. The maximum Gasteiger partial charge on any atom is 0.146 e. The summed E-state index contributed by atoms with van der Waals surface area (Å²) in [5, 5.41) is 9.42. The zero-order valence-electron chi connectivity index (χ0n) is 9.77. The van der Waals surface area contributed by atoms with E-state index in [2.05, 4.69) is 0 Å². The predicted molar refractivity (Wildman–Crippen MR) is 71.8 cm³/mol. The van der Waals surface area contributed by atoms with Crippen molar-refractivity contribution >= 4 is 17.3 Å². The summed E-state index contributed by atoms with van der Waals surface area (Å²) in [4.78, 5) is 0. The van der Waals surface area contributed by atoms with Gasteiger partial charge in [0, 0.05) is 11.8 Å². The fraction of sp³-hybridized carbons (Fsp3) is 0.0714. The molecule has 2 aromatic rings. The van der Waals surface area contributed by atoms with Gasteiger partial charge in [-0.2, -0.15) is 5.26 Å². The Hall–Kier alpha value is -2.18. The molecule has 0 fully saturated rings. The Morgan fingerprint density at radius 3 is 2.72 bits per heavy atom. The van der Waals surface area contributed by atoms with E-state index in [1.165, 1.54) is 0 Å². The van der Waals surface area contributed by atoms with Gasteiger partial charge in [-0.3, -0.25) is 0 Å². The van der Waals surface area contributed by atoms with E-state index < -0.39 is 0 Å². The Morgan fingerprint density at radius 2 is 2.00 bits per heavy atom. The van der Waals surface area contributed by atoms with Crippen LogP contribution in [0, 0.1) is 18.3 Å². The van der Waals surface area contributed by atoms with Crippen molar-refractivity contribution in [3.8, 4) is 17.6 Å². The van der Waals surface area contributed by atoms with Crippen LogP contribution in [-0.4, -0.2) is 0 Å². The summed E-state index contributed by atoms with van der Waals surface area (Å²) < 4.78 is 5.65. The molecule has 90 valence electrons. The molecule has 0 radical (unpaired) electrons. The summed E-state index contributed by atoms with van der Waals surface area (Å²) in [6.45, 7) is 1.95. The lowest BCUT2D eigenvalue weighted by molar-refractivity contribution is 0.482. The highest BCUT2D eigenvalue weighted by Crippen LogP contribution is 2.31. The van der Waals surface area contributed by atoms with Gasteiger partial charge in [-0.05, 0) is 36.8 Å². The highest BCUT2D eigenvalue weighted by atomic mass is 35.5. The van der Waals surface area contributed by atoms with E-state index in [-0.39, 0.29) is 0 Å². The second kappa shape index (κ2) is 4.99. The molecule has 18 heavy (non-hydrogen) atoms. The van der Waals surface area contributed by atoms with Crippen LogP contribution in [-0.2, 0) is 0 Å². The van der Waals surface area contributed by atoms with Gasteiger partial charge < -0.3 is 10.5 Å². The monoisotopic (exact) mass is 258 g/mol. The van der Waals surface area contributed by atoms with Crippen molar-refractivity contribution in [3.63, 3.8) is 0 Å². The van der Waals surface area contributed by atoms with Gasteiger partial charge >= 0.3 is 0 Å². The fourth-order valence-corrected chi connectivity index (χ4v) is 1.67. The molecule has 0 saturated carbocycles. The molecule has 0 unspecified atom stereocenters. The minimum Gasteiger partial charge on any atom is -0.456 e. The topological polar surface area (TPSA) is 59.0 Å². The second-order valence-electron chi connectivity index (χ2n) is 3.90. The van der Waals surface area contributed by atoms with Gasteiger partial charge in [0.05, 0.1) is 10.6 Å². The minimum absolute atomic E-state index is 0.385. The van der Waals surface area contributed by atoms with E-state index in [1.807, 2.05) is 25.1 Å². The van der Waals surface area contributed by atoms with Gasteiger partial charge in [-0.1, -0.05) is 17.7 Å². The molecule has 0 aliphatic heterocycles. The predicted octanol–water partition coefficient (Wildman–Crippen LogP) is 3.89. The van der Waals surface area contributed by atoms with Gasteiger partial charge in [0.25, 0.3) is 0 Å². The van der Waals surface area contributed by atoms with Crippen LogP contribution < -0.4 is 10.5 Å². The van der Waals surface area contributed by atoms with Crippen LogP contribution in [0.3, 0.4) is 0 Å². The molecule has 0 aromatic heterocycles. The SMILES string of the molecule is Cc1ccc(Cl)c(Oc2ccc(N)c(C#N)c2)c1. The number of hydrogen-bond acceptors (Lipinski definition) is 3. The molecule has 2 aromatic carbocycles. The van der Waals surface area contributed by atoms with Crippen molar-refractivity contribution in [1.29, 1.82) is 5.26 Å². The Morgan fingerprint density at radius 1 is 1.22 bits per heavy atom. The van der Waals surface area contributed by atoms with Crippen LogP contribution in [0.1, 0.15) is 11.1 Å². The first-order valence-electron chi connectivity index (χ1n) is 5.34. The first-order chi connectivity index (χ1) is 8.60. The van der Waals surface area contributed by atoms with Crippen LogP contribution >= 0.6 is 11.6 Å². The largest absolute Gasteiger partial charge is 0.456 e. The standard InChI is InChI=1S/C14H11ClN2O/c1-9-2-4-12(15)14(6-9)18-11-3-5-13(17)10(7-11)8-16/h2-7H,17H2,1H3. The number of nitriles is 1. The van der Waals surface area contributed by atoms with E-state index >= 15 is 0 Å². The van der Waals surface area contributed by atoms with Gasteiger partial charge in [0.1, 0.15) is 17.6 Å². The highest BCUT2D eigenvalue weighted by molar-refractivity contribution is 6.32.